The highest BCUT2D eigenvalue weighted by molar-refractivity contribution is 6.30. The first kappa shape index (κ1) is 20.6. The van der Waals surface area contributed by atoms with Gasteiger partial charge < -0.3 is 15.8 Å². The van der Waals surface area contributed by atoms with Gasteiger partial charge in [-0.2, -0.15) is 0 Å². The number of halogens is 1. The topological polar surface area (TPSA) is 62.9 Å². The number of likely N-dealkylation sites (tertiary alicyclic amines) is 1. The van der Waals surface area contributed by atoms with Crippen LogP contribution in [0.1, 0.15) is 30.0 Å². The smallest absolute Gasteiger partial charge is 0.193 e. The molecule has 0 spiro atoms. The van der Waals surface area contributed by atoms with Gasteiger partial charge in [-0.3, -0.25) is 9.89 Å². The second kappa shape index (κ2) is 9.92. The third-order valence-corrected chi connectivity index (χ3v) is 5.51. The molecule has 6 heteroatoms. The van der Waals surface area contributed by atoms with Crippen molar-refractivity contribution in [3.63, 3.8) is 0 Å². The minimum Gasteiger partial charge on any atom is -0.380 e. The maximum atomic E-state index is 6.23. The first-order chi connectivity index (χ1) is 13.6. The molecule has 3 N–H and O–H groups in total. The van der Waals surface area contributed by atoms with E-state index in [2.05, 4.69) is 34.4 Å². The summed E-state index contributed by atoms with van der Waals surface area (Å²) in [4.78, 5) is 7.06. The number of anilines is 1. The van der Waals surface area contributed by atoms with E-state index in [1.807, 2.05) is 36.4 Å². The molecule has 2 unspecified atom stereocenters. The number of aliphatic imine (C=N–C) groups is 1. The number of nitrogens with two attached hydrogens (primary N) is 1. The monoisotopic (exact) mass is 400 g/mol. The van der Waals surface area contributed by atoms with Crippen molar-refractivity contribution in [1.82, 2.24) is 4.90 Å². The molecule has 5 nitrogen and oxygen atoms in total. The van der Waals surface area contributed by atoms with Crippen molar-refractivity contribution in [3.05, 3.63) is 64.7 Å². The zero-order chi connectivity index (χ0) is 19.9. The molecule has 1 aliphatic heterocycles. The minimum absolute atomic E-state index is 0.296. The van der Waals surface area contributed by atoms with E-state index >= 15 is 0 Å². The molecule has 0 radical (unpaired) electrons. The van der Waals surface area contributed by atoms with Crippen LogP contribution in [0.25, 0.3) is 0 Å². The molecule has 1 fully saturated rings. The number of nitrogens with zero attached hydrogens (tertiary/aromatic N) is 2. The van der Waals surface area contributed by atoms with E-state index < -0.39 is 0 Å². The first-order valence-electron chi connectivity index (χ1n) is 9.68. The lowest BCUT2D eigenvalue weighted by Gasteiger charge is -2.39. The zero-order valence-corrected chi connectivity index (χ0v) is 17.3. The standard InChI is InChI=1S/C22H29ClN4O/c1-27-12-6-9-17(21(27)16-8-5-10-19(23)13-16)14-25-22(24)26-20-11-4-3-7-18(20)15-28-2/h3-5,7-8,10-11,13,17,21H,6,9,12,14-15H2,1-2H3,(H3,24,25,26). The van der Waals surface area contributed by atoms with Crippen molar-refractivity contribution in [1.29, 1.82) is 0 Å². The molecule has 1 aliphatic rings. The zero-order valence-electron chi connectivity index (χ0n) is 16.6. The lowest BCUT2D eigenvalue weighted by molar-refractivity contribution is 0.125. The molecule has 2 atom stereocenters. The molecule has 1 saturated heterocycles. The van der Waals surface area contributed by atoms with Crippen molar-refractivity contribution in [2.45, 2.75) is 25.5 Å². The highest BCUT2D eigenvalue weighted by Crippen LogP contribution is 2.36. The third kappa shape index (κ3) is 5.25. The van der Waals surface area contributed by atoms with Crippen LogP contribution in [0.5, 0.6) is 0 Å². The molecule has 0 saturated carbocycles. The molecular formula is C22H29ClN4O. The second-order valence-electron chi connectivity index (χ2n) is 7.32. The molecule has 1 heterocycles. The van der Waals surface area contributed by atoms with Gasteiger partial charge in [0.1, 0.15) is 0 Å². The molecule has 28 heavy (non-hydrogen) atoms. The Morgan fingerprint density at radius 2 is 2.11 bits per heavy atom. The highest BCUT2D eigenvalue weighted by Gasteiger charge is 2.30. The van der Waals surface area contributed by atoms with E-state index in [0.29, 0.717) is 31.1 Å². The molecule has 2 aromatic rings. The van der Waals surface area contributed by atoms with E-state index in [4.69, 9.17) is 22.1 Å². The van der Waals surface area contributed by atoms with Crippen LogP contribution < -0.4 is 11.1 Å². The van der Waals surface area contributed by atoms with Gasteiger partial charge in [0.25, 0.3) is 0 Å². The van der Waals surface area contributed by atoms with Crippen LogP contribution in [0.15, 0.2) is 53.5 Å². The van der Waals surface area contributed by atoms with Crippen LogP contribution in [0.2, 0.25) is 5.02 Å². The van der Waals surface area contributed by atoms with E-state index in [0.717, 1.165) is 35.7 Å². The summed E-state index contributed by atoms with van der Waals surface area (Å²) in [6.07, 6.45) is 2.29. The van der Waals surface area contributed by atoms with Gasteiger partial charge in [0.15, 0.2) is 5.96 Å². The lowest BCUT2D eigenvalue weighted by atomic mass is 9.85. The second-order valence-corrected chi connectivity index (χ2v) is 7.76. The van der Waals surface area contributed by atoms with Gasteiger partial charge in [-0.1, -0.05) is 41.9 Å². The Morgan fingerprint density at radius 1 is 1.29 bits per heavy atom. The Bertz CT molecular complexity index is 811. The number of hydrogen-bond acceptors (Lipinski definition) is 3. The fourth-order valence-electron chi connectivity index (χ4n) is 3.98. The first-order valence-corrected chi connectivity index (χ1v) is 10.1. The third-order valence-electron chi connectivity index (χ3n) is 5.27. The molecule has 0 aliphatic carbocycles. The van der Waals surface area contributed by atoms with Gasteiger partial charge >= 0.3 is 0 Å². The summed E-state index contributed by atoms with van der Waals surface area (Å²) in [6, 6.07) is 16.4. The molecule has 150 valence electrons. The van der Waals surface area contributed by atoms with Crippen LogP contribution in [0.3, 0.4) is 0 Å². The van der Waals surface area contributed by atoms with Crippen LogP contribution in [-0.2, 0) is 11.3 Å². The number of benzene rings is 2. The van der Waals surface area contributed by atoms with Crippen molar-refractivity contribution in [2.75, 3.05) is 32.6 Å². The Kier molecular flexibility index (Phi) is 7.31. The minimum atomic E-state index is 0.296. The van der Waals surface area contributed by atoms with E-state index in [9.17, 15) is 0 Å². The van der Waals surface area contributed by atoms with Crippen molar-refractivity contribution >= 4 is 23.2 Å². The number of ether oxygens (including phenoxy) is 1. The van der Waals surface area contributed by atoms with Gasteiger partial charge in [0.05, 0.1) is 6.61 Å². The fraction of sp³-hybridized carbons (Fsp3) is 0.409. The normalized spacial score (nSPS) is 20.9. The quantitative estimate of drug-likeness (QED) is 0.560. The summed E-state index contributed by atoms with van der Waals surface area (Å²) in [5, 5.41) is 4.00. The van der Waals surface area contributed by atoms with Crippen molar-refractivity contribution in [2.24, 2.45) is 16.6 Å². The number of methoxy groups -OCH3 is 1. The van der Waals surface area contributed by atoms with Crippen molar-refractivity contribution in [3.8, 4) is 0 Å². The predicted octanol–water partition coefficient (Wildman–Crippen LogP) is 4.30. The molecular weight excluding hydrogens is 372 g/mol. The Balaban J connectivity index is 1.72. The molecule has 2 aromatic carbocycles. The molecule has 0 bridgehead atoms. The average molecular weight is 401 g/mol. The van der Waals surface area contributed by atoms with Crippen LogP contribution in [0, 0.1) is 5.92 Å². The summed E-state index contributed by atoms with van der Waals surface area (Å²) in [7, 11) is 3.85. The summed E-state index contributed by atoms with van der Waals surface area (Å²) in [5.74, 6) is 0.827. The highest BCUT2D eigenvalue weighted by atomic mass is 35.5. The predicted molar refractivity (Wildman–Crippen MR) is 117 cm³/mol. The van der Waals surface area contributed by atoms with Gasteiger partial charge in [0.2, 0.25) is 0 Å². The Hall–Kier alpha value is -2.08. The summed E-state index contributed by atoms with van der Waals surface area (Å²) < 4.78 is 5.25. The van der Waals surface area contributed by atoms with Crippen LogP contribution >= 0.6 is 11.6 Å². The van der Waals surface area contributed by atoms with Crippen LogP contribution in [0.4, 0.5) is 5.69 Å². The van der Waals surface area contributed by atoms with E-state index in [-0.39, 0.29) is 0 Å². The molecule has 0 amide bonds. The Labute approximate surface area is 172 Å². The lowest BCUT2D eigenvalue weighted by Crippen LogP contribution is -2.38. The van der Waals surface area contributed by atoms with Gasteiger partial charge in [-0.25, -0.2) is 0 Å². The van der Waals surface area contributed by atoms with Gasteiger partial charge in [-0.05, 0) is 56.1 Å². The summed E-state index contributed by atoms with van der Waals surface area (Å²) >= 11 is 6.23. The summed E-state index contributed by atoms with van der Waals surface area (Å²) in [6.45, 7) is 2.28. The Morgan fingerprint density at radius 3 is 2.89 bits per heavy atom. The van der Waals surface area contributed by atoms with E-state index in [1.165, 1.54) is 5.56 Å². The van der Waals surface area contributed by atoms with E-state index in [1.54, 1.807) is 7.11 Å². The van der Waals surface area contributed by atoms with Crippen molar-refractivity contribution < 1.29 is 4.74 Å². The SMILES string of the molecule is COCc1ccccc1NC(N)=NCC1CCCN(C)C1c1cccc(Cl)c1. The maximum Gasteiger partial charge on any atom is 0.193 e. The number of guanidine groups is 1. The number of piperidine rings is 1. The van der Waals surface area contributed by atoms with Crippen LogP contribution in [-0.4, -0.2) is 38.1 Å². The average Bonchev–Trinajstić information content (AvgIpc) is 2.68. The molecule has 0 aromatic heterocycles. The number of hydrogen-bond donors (Lipinski definition) is 2. The number of para-hydroxylation sites is 1. The summed E-state index contributed by atoms with van der Waals surface area (Å²) in [5.41, 5.74) is 9.42. The number of rotatable bonds is 6. The maximum absolute atomic E-state index is 6.23. The largest absolute Gasteiger partial charge is 0.380 e. The fourth-order valence-corrected chi connectivity index (χ4v) is 4.18. The van der Waals surface area contributed by atoms with Gasteiger partial charge in [0, 0.05) is 36.0 Å². The molecule has 3 rings (SSSR count). The van der Waals surface area contributed by atoms with Gasteiger partial charge in [-0.15, -0.1) is 0 Å². The number of nitrogens with one attached hydrogen (secondary N) is 1.